The molecule has 1 aliphatic carbocycles. The fraction of sp³-hybridized carbons (Fsp3) is 0.318. The molecule has 1 aliphatic rings. The Balaban J connectivity index is 1.78. The number of aliphatic carboxylic acids is 1. The van der Waals surface area contributed by atoms with Gasteiger partial charge in [-0.25, -0.2) is 4.79 Å². The van der Waals surface area contributed by atoms with Gasteiger partial charge in [-0.3, -0.25) is 9.59 Å². The van der Waals surface area contributed by atoms with Crippen LogP contribution in [0.15, 0.2) is 48.5 Å². The predicted molar refractivity (Wildman–Crippen MR) is 108 cm³/mol. The Morgan fingerprint density at radius 2 is 1.80 bits per heavy atom. The molecule has 0 spiro atoms. The topological polar surface area (TPSA) is 114 Å². The molecular formula is C22H24N2O6. The lowest BCUT2D eigenvalue weighted by atomic mass is 9.94. The molecule has 158 valence electrons. The fourth-order valence-corrected chi connectivity index (χ4v) is 3.32. The second-order valence-electron chi connectivity index (χ2n) is 7.09. The minimum absolute atomic E-state index is 0.238. The summed E-state index contributed by atoms with van der Waals surface area (Å²) >= 11 is 0. The van der Waals surface area contributed by atoms with Crippen molar-refractivity contribution in [3.05, 3.63) is 59.7 Å². The largest absolute Gasteiger partial charge is 0.497 e. The Labute approximate surface area is 174 Å². The summed E-state index contributed by atoms with van der Waals surface area (Å²) in [5.41, 5.74) is 0.704. The normalized spacial score (nSPS) is 14.9. The van der Waals surface area contributed by atoms with Crippen molar-refractivity contribution in [2.24, 2.45) is 0 Å². The van der Waals surface area contributed by atoms with Crippen LogP contribution in [0, 0.1) is 0 Å². The number of carbonyl (C=O) groups excluding carboxylic acids is 2. The number of methoxy groups -OCH3 is 1. The highest BCUT2D eigenvalue weighted by Gasteiger charge is 2.52. The number of carbonyl (C=O) groups is 3. The van der Waals surface area contributed by atoms with Crippen molar-refractivity contribution in [3.63, 3.8) is 0 Å². The van der Waals surface area contributed by atoms with Gasteiger partial charge in [0.1, 0.15) is 17.5 Å². The summed E-state index contributed by atoms with van der Waals surface area (Å²) in [6.45, 7) is -0.431. The van der Waals surface area contributed by atoms with E-state index in [2.05, 4.69) is 10.6 Å². The highest BCUT2D eigenvalue weighted by Crippen LogP contribution is 2.49. The maximum atomic E-state index is 13.2. The quantitative estimate of drug-likeness (QED) is 0.579. The van der Waals surface area contributed by atoms with Gasteiger partial charge < -0.3 is 25.2 Å². The van der Waals surface area contributed by atoms with Gasteiger partial charge in [0.2, 0.25) is 11.8 Å². The molecule has 0 heterocycles. The number of hydrogen-bond acceptors (Lipinski definition) is 5. The van der Waals surface area contributed by atoms with E-state index in [1.807, 2.05) is 0 Å². The van der Waals surface area contributed by atoms with Crippen molar-refractivity contribution in [2.45, 2.75) is 24.3 Å². The van der Waals surface area contributed by atoms with E-state index in [4.69, 9.17) is 14.6 Å². The number of nitrogens with one attached hydrogen (secondary N) is 2. The van der Waals surface area contributed by atoms with Gasteiger partial charge in [-0.15, -0.1) is 0 Å². The van der Waals surface area contributed by atoms with E-state index in [1.54, 1.807) is 48.5 Å². The standard InChI is InChI=1S/C22H24N2O6/c1-23-20(27)19(14-4-3-5-17(12-14)29-2)24-21(28)22(10-11-22)15-6-8-16(9-7-15)30-13-18(25)26/h3-9,12,19H,10-11,13H2,1-2H3,(H,23,27)(H,24,28)(H,25,26). The molecule has 1 fully saturated rings. The Morgan fingerprint density at radius 3 is 2.37 bits per heavy atom. The first kappa shape index (κ1) is 21.2. The third-order valence-corrected chi connectivity index (χ3v) is 5.17. The number of benzene rings is 2. The molecule has 1 unspecified atom stereocenters. The van der Waals surface area contributed by atoms with Gasteiger partial charge in [-0.2, -0.15) is 0 Å². The molecule has 0 aliphatic heterocycles. The Hall–Kier alpha value is -3.55. The van der Waals surface area contributed by atoms with Crippen LogP contribution in [0.5, 0.6) is 11.5 Å². The molecule has 3 rings (SSSR count). The minimum atomic E-state index is -1.06. The molecule has 1 saturated carbocycles. The first-order valence-electron chi connectivity index (χ1n) is 9.51. The summed E-state index contributed by atoms with van der Waals surface area (Å²) in [5, 5.41) is 14.2. The van der Waals surface area contributed by atoms with Crippen molar-refractivity contribution < 1.29 is 29.0 Å². The number of carboxylic acid groups (broad SMARTS) is 1. The van der Waals surface area contributed by atoms with Crippen molar-refractivity contribution in [1.29, 1.82) is 0 Å². The lowest BCUT2D eigenvalue weighted by molar-refractivity contribution is -0.139. The predicted octanol–water partition coefficient (Wildman–Crippen LogP) is 1.79. The van der Waals surface area contributed by atoms with E-state index in [0.717, 1.165) is 5.56 Å². The van der Waals surface area contributed by atoms with Crippen LogP contribution >= 0.6 is 0 Å². The third kappa shape index (κ3) is 4.53. The number of carboxylic acids is 1. The number of amides is 2. The van der Waals surface area contributed by atoms with Crippen LogP contribution in [0.1, 0.15) is 30.0 Å². The molecule has 2 aromatic rings. The molecule has 8 nitrogen and oxygen atoms in total. The summed E-state index contributed by atoms with van der Waals surface area (Å²) in [6, 6.07) is 12.9. The second-order valence-corrected chi connectivity index (χ2v) is 7.09. The van der Waals surface area contributed by atoms with Gasteiger partial charge in [-0.1, -0.05) is 24.3 Å². The second kappa shape index (κ2) is 8.86. The minimum Gasteiger partial charge on any atom is -0.497 e. The summed E-state index contributed by atoms with van der Waals surface area (Å²) in [7, 11) is 3.06. The molecule has 0 aromatic heterocycles. The molecule has 0 bridgehead atoms. The van der Waals surface area contributed by atoms with Gasteiger partial charge in [-0.05, 0) is 48.2 Å². The Morgan fingerprint density at radius 1 is 1.10 bits per heavy atom. The zero-order chi connectivity index (χ0) is 21.7. The van der Waals surface area contributed by atoms with E-state index >= 15 is 0 Å². The van der Waals surface area contributed by atoms with Gasteiger partial charge >= 0.3 is 5.97 Å². The summed E-state index contributed by atoms with van der Waals surface area (Å²) in [4.78, 5) is 36.2. The molecule has 1 atom stereocenters. The SMILES string of the molecule is CNC(=O)C(NC(=O)C1(c2ccc(OCC(=O)O)cc2)CC1)c1cccc(OC)c1. The average molecular weight is 412 g/mol. The number of likely N-dealkylation sites (N-methyl/N-ethyl adjacent to an activating group) is 1. The monoisotopic (exact) mass is 412 g/mol. The maximum Gasteiger partial charge on any atom is 0.341 e. The third-order valence-electron chi connectivity index (χ3n) is 5.17. The average Bonchev–Trinajstić information content (AvgIpc) is 3.58. The molecule has 0 saturated heterocycles. The lowest BCUT2D eigenvalue weighted by Crippen LogP contribution is -2.43. The van der Waals surface area contributed by atoms with Crippen LogP contribution in [0.3, 0.4) is 0 Å². The van der Waals surface area contributed by atoms with E-state index in [-0.39, 0.29) is 11.8 Å². The van der Waals surface area contributed by atoms with E-state index in [9.17, 15) is 14.4 Å². The van der Waals surface area contributed by atoms with Gasteiger partial charge in [0.15, 0.2) is 6.61 Å². The molecule has 0 radical (unpaired) electrons. The zero-order valence-corrected chi connectivity index (χ0v) is 16.8. The van der Waals surface area contributed by atoms with Crippen molar-refractivity contribution >= 4 is 17.8 Å². The lowest BCUT2D eigenvalue weighted by Gasteiger charge is -2.22. The molecule has 8 heteroatoms. The summed E-state index contributed by atoms with van der Waals surface area (Å²) in [5.74, 6) is -0.622. The first-order chi connectivity index (χ1) is 14.4. The van der Waals surface area contributed by atoms with Gasteiger partial charge in [0.25, 0.3) is 0 Å². The van der Waals surface area contributed by atoms with Crippen molar-refractivity contribution in [3.8, 4) is 11.5 Å². The van der Waals surface area contributed by atoms with Crippen LogP contribution in [0.2, 0.25) is 0 Å². The fourth-order valence-electron chi connectivity index (χ4n) is 3.32. The maximum absolute atomic E-state index is 13.2. The van der Waals surface area contributed by atoms with Gasteiger partial charge in [0.05, 0.1) is 12.5 Å². The zero-order valence-electron chi connectivity index (χ0n) is 16.8. The number of ether oxygens (including phenoxy) is 2. The van der Waals surface area contributed by atoms with Crippen LogP contribution in [-0.2, 0) is 19.8 Å². The van der Waals surface area contributed by atoms with Crippen molar-refractivity contribution in [1.82, 2.24) is 10.6 Å². The first-order valence-corrected chi connectivity index (χ1v) is 9.51. The van der Waals surface area contributed by atoms with Crippen molar-refractivity contribution in [2.75, 3.05) is 20.8 Å². The smallest absolute Gasteiger partial charge is 0.341 e. The number of rotatable bonds is 9. The van der Waals surface area contributed by atoms with Crippen LogP contribution in [-0.4, -0.2) is 43.7 Å². The highest BCUT2D eigenvalue weighted by molar-refractivity contribution is 5.95. The number of hydrogen-bond donors (Lipinski definition) is 3. The summed E-state index contributed by atoms with van der Waals surface area (Å²) < 4.78 is 10.4. The van der Waals surface area contributed by atoms with Crippen LogP contribution in [0.25, 0.3) is 0 Å². The van der Waals surface area contributed by atoms with Crippen LogP contribution in [0.4, 0.5) is 0 Å². The van der Waals surface area contributed by atoms with E-state index in [0.29, 0.717) is 29.9 Å². The molecule has 2 aromatic carbocycles. The molecule has 2 amide bonds. The highest BCUT2D eigenvalue weighted by atomic mass is 16.5. The summed E-state index contributed by atoms with van der Waals surface area (Å²) in [6.07, 6.45) is 1.32. The molecular weight excluding hydrogens is 388 g/mol. The van der Waals surface area contributed by atoms with Crippen LogP contribution < -0.4 is 20.1 Å². The Kier molecular flexibility index (Phi) is 6.25. The molecule has 3 N–H and O–H groups in total. The van der Waals surface area contributed by atoms with E-state index in [1.165, 1.54) is 14.2 Å². The molecule has 30 heavy (non-hydrogen) atoms. The Bertz CT molecular complexity index is 937. The van der Waals surface area contributed by atoms with E-state index < -0.39 is 24.0 Å². The van der Waals surface area contributed by atoms with Gasteiger partial charge in [0, 0.05) is 7.05 Å².